The second kappa shape index (κ2) is 14.1. The molecular weight excluding hydrogens is 729 g/mol. The lowest BCUT2D eigenvalue weighted by Crippen LogP contribution is -2.15. The highest BCUT2D eigenvalue weighted by Crippen LogP contribution is 2.43. The van der Waals surface area contributed by atoms with E-state index < -0.39 is 0 Å². The molecule has 0 bridgehead atoms. The van der Waals surface area contributed by atoms with Crippen LogP contribution in [-0.2, 0) is 0 Å². The van der Waals surface area contributed by atoms with Gasteiger partial charge in [-0.25, -0.2) is 4.99 Å². The molecule has 2 nitrogen and oxygen atoms in total. The molecule has 0 N–H and O–H groups in total. The number of aliphatic imine (C=N–C) groups is 2. The number of fused-ring (bicyclic) bond motifs is 7. The molecule has 2 atom stereocenters. The molecule has 1 aliphatic heterocycles. The average Bonchev–Trinajstić information content (AvgIpc) is 3.77. The Morgan fingerprint density at radius 3 is 1.67 bits per heavy atom. The van der Waals surface area contributed by atoms with Gasteiger partial charge in [0, 0.05) is 45.9 Å². The van der Waals surface area contributed by atoms with E-state index in [9.17, 15) is 0 Å². The van der Waals surface area contributed by atoms with Crippen LogP contribution >= 0.6 is 22.7 Å². The summed E-state index contributed by atoms with van der Waals surface area (Å²) in [6.45, 7) is 2.31. The summed E-state index contributed by atoms with van der Waals surface area (Å²) >= 11 is 3.73. The first-order chi connectivity index (χ1) is 28.1. The zero-order valence-corrected chi connectivity index (χ0v) is 33.2. The predicted molar refractivity (Wildman–Crippen MR) is 248 cm³/mol. The van der Waals surface area contributed by atoms with Gasteiger partial charge in [0.2, 0.25) is 0 Å². The smallest absolute Gasteiger partial charge is 0.155 e. The SMILES string of the molecule is CCC1CC(c2ccccc2)=NC(c2ccc3ccccc3c2)=NC1c1cc(-c2ccc3sc4ccccc4c3c2)cc(-c2ccc3sc4ccccc4c3c2)c1. The first-order valence-corrected chi connectivity index (χ1v) is 21.5. The Kier molecular flexibility index (Phi) is 8.41. The highest BCUT2D eigenvalue weighted by atomic mass is 32.1. The molecule has 2 unspecified atom stereocenters. The summed E-state index contributed by atoms with van der Waals surface area (Å²) in [7, 11) is 0. The minimum Gasteiger partial charge on any atom is -0.258 e. The predicted octanol–water partition coefficient (Wildman–Crippen LogP) is 15.3. The Morgan fingerprint density at radius 2 is 1.02 bits per heavy atom. The van der Waals surface area contributed by atoms with Crippen LogP contribution in [0.3, 0.4) is 0 Å². The largest absolute Gasteiger partial charge is 0.258 e. The molecule has 57 heavy (non-hydrogen) atoms. The summed E-state index contributed by atoms with van der Waals surface area (Å²) in [6.07, 6.45) is 1.81. The van der Waals surface area contributed by atoms with E-state index in [4.69, 9.17) is 9.98 Å². The van der Waals surface area contributed by atoms with E-state index in [1.807, 2.05) is 22.7 Å². The zero-order chi connectivity index (χ0) is 37.9. The Morgan fingerprint density at radius 1 is 0.456 bits per heavy atom. The minimum absolute atomic E-state index is 0.100. The molecule has 0 saturated carbocycles. The van der Waals surface area contributed by atoms with Gasteiger partial charge >= 0.3 is 0 Å². The van der Waals surface area contributed by atoms with Crippen molar-refractivity contribution in [1.82, 2.24) is 0 Å². The van der Waals surface area contributed by atoms with E-state index in [0.29, 0.717) is 0 Å². The van der Waals surface area contributed by atoms with E-state index in [2.05, 4.69) is 183 Å². The second-order valence-electron chi connectivity index (χ2n) is 15.2. The summed E-state index contributed by atoms with van der Waals surface area (Å²) in [5.74, 6) is 1.04. The summed E-state index contributed by atoms with van der Waals surface area (Å²) in [4.78, 5) is 11.2. The van der Waals surface area contributed by atoms with E-state index in [0.717, 1.165) is 35.5 Å². The molecule has 2 aromatic heterocycles. The maximum absolute atomic E-state index is 5.72. The van der Waals surface area contributed by atoms with Crippen LogP contribution in [0.5, 0.6) is 0 Å². The number of amidine groups is 1. The van der Waals surface area contributed by atoms with Crippen LogP contribution < -0.4 is 0 Å². The zero-order valence-electron chi connectivity index (χ0n) is 31.5. The highest BCUT2D eigenvalue weighted by molar-refractivity contribution is 7.26. The molecule has 0 radical (unpaired) electrons. The fourth-order valence-corrected chi connectivity index (χ4v) is 10.9. The molecule has 0 amide bonds. The Bertz CT molecular complexity index is 3090. The van der Waals surface area contributed by atoms with Gasteiger partial charge in [0.25, 0.3) is 0 Å². The van der Waals surface area contributed by atoms with Crippen molar-refractivity contribution in [3.8, 4) is 22.3 Å². The number of rotatable bonds is 6. The van der Waals surface area contributed by atoms with Gasteiger partial charge in [-0.1, -0.05) is 129 Å². The van der Waals surface area contributed by atoms with Crippen molar-refractivity contribution in [2.75, 3.05) is 0 Å². The molecule has 10 aromatic rings. The minimum atomic E-state index is -0.100. The molecule has 0 fully saturated rings. The van der Waals surface area contributed by atoms with Crippen molar-refractivity contribution in [2.24, 2.45) is 15.9 Å². The van der Waals surface area contributed by atoms with Crippen molar-refractivity contribution in [3.05, 3.63) is 193 Å². The summed E-state index contributed by atoms with van der Waals surface area (Å²) in [6, 6.07) is 64.6. The van der Waals surface area contributed by atoms with Crippen LogP contribution in [0.4, 0.5) is 0 Å². The first kappa shape index (κ1) is 34.1. The number of benzene rings is 8. The highest BCUT2D eigenvalue weighted by Gasteiger charge is 2.29. The summed E-state index contributed by atoms with van der Waals surface area (Å²) in [5, 5.41) is 7.66. The molecule has 11 rings (SSSR count). The van der Waals surface area contributed by atoms with Gasteiger partial charge in [0.05, 0.1) is 11.8 Å². The number of thiophene rings is 2. The van der Waals surface area contributed by atoms with Crippen LogP contribution in [0.1, 0.15) is 42.5 Å². The van der Waals surface area contributed by atoms with Crippen LogP contribution in [0.15, 0.2) is 186 Å². The summed E-state index contributed by atoms with van der Waals surface area (Å²) in [5.41, 5.74) is 9.38. The fourth-order valence-electron chi connectivity index (χ4n) is 8.76. The van der Waals surface area contributed by atoms with Crippen molar-refractivity contribution in [2.45, 2.75) is 25.8 Å². The number of nitrogens with zero attached hydrogens (tertiary/aromatic N) is 2. The molecule has 0 spiro atoms. The third-order valence-electron chi connectivity index (χ3n) is 11.8. The van der Waals surface area contributed by atoms with E-state index in [1.165, 1.54) is 78.9 Å². The van der Waals surface area contributed by atoms with Gasteiger partial charge in [-0.15, -0.1) is 22.7 Å². The van der Waals surface area contributed by atoms with E-state index in [1.54, 1.807) is 0 Å². The van der Waals surface area contributed by atoms with Crippen LogP contribution in [-0.4, -0.2) is 11.5 Å². The molecule has 1 aliphatic rings. The lowest BCUT2D eigenvalue weighted by atomic mass is 9.83. The van der Waals surface area contributed by atoms with Crippen molar-refractivity contribution in [1.29, 1.82) is 0 Å². The normalized spacial score (nSPS) is 16.0. The van der Waals surface area contributed by atoms with Crippen molar-refractivity contribution >= 4 is 85.3 Å². The Balaban J connectivity index is 1.13. The third kappa shape index (κ3) is 6.17. The van der Waals surface area contributed by atoms with Gasteiger partial charge in [-0.2, -0.15) is 0 Å². The molecule has 3 heterocycles. The molecule has 8 aromatic carbocycles. The molecule has 0 aliphatic carbocycles. The van der Waals surface area contributed by atoms with E-state index in [-0.39, 0.29) is 12.0 Å². The van der Waals surface area contributed by atoms with Crippen LogP contribution in [0.25, 0.3) is 73.4 Å². The second-order valence-corrected chi connectivity index (χ2v) is 17.4. The maximum atomic E-state index is 5.72. The van der Waals surface area contributed by atoms with Gasteiger partial charge < -0.3 is 0 Å². The molecule has 4 heteroatoms. The molecule has 0 saturated heterocycles. The van der Waals surface area contributed by atoms with Gasteiger partial charge in [-0.3, -0.25) is 4.99 Å². The van der Waals surface area contributed by atoms with Crippen molar-refractivity contribution < 1.29 is 0 Å². The lowest BCUT2D eigenvalue weighted by Gasteiger charge is -2.24. The topological polar surface area (TPSA) is 24.7 Å². The van der Waals surface area contributed by atoms with Gasteiger partial charge in [-0.05, 0) is 117 Å². The van der Waals surface area contributed by atoms with Crippen LogP contribution in [0.2, 0.25) is 0 Å². The summed E-state index contributed by atoms with van der Waals surface area (Å²) < 4.78 is 5.28. The first-order valence-electron chi connectivity index (χ1n) is 19.8. The fraction of sp³-hybridized carbons (Fsp3) is 0.0943. The molecule has 272 valence electrons. The average molecular weight is 767 g/mol. The maximum Gasteiger partial charge on any atom is 0.155 e. The standard InChI is InChI=1S/C53H38N2S2/c1-2-33-32-47(35-13-4-3-5-14-35)54-53(39-21-20-34-12-6-7-15-36(34)26-39)55-52(33)42-28-40(37-22-24-50-45(30-37)43-16-8-10-18-48(43)56-50)27-41(29-42)38-23-25-51-46(31-38)44-17-9-11-19-49(44)57-51/h3-31,33,52H,2,32H2,1H3. The van der Waals surface area contributed by atoms with Gasteiger partial charge in [0.1, 0.15) is 0 Å². The van der Waals surface area contributed by atoms with Crippen molar-refractivity contribution in [3.63, 3.8) is 0 Å². The monoisotopic (exact) mass is 766 g/mol. The third-order valence-corrected chi connectivity index (χ3v) is 14.1. The van der Waals surface area contributed by atoms with Gasteiger partial charge in [0.15, 0.2) is 5.84 Å². The quantitative estimate of drug-likeness (QED) is 0.161. The number of hydrogen-bond donors (Lipinski definition) is 0. The molecular formula is C53H38N2S2. The number of hydrogen-bond acceptors (Lipinski definition) is 4. The van der Waals surface area contributed by atoms with E-state index >= 15 is 0 Å². The Labute approximate surface area is 340 Å². The van der Waals surface area contributed by atoms with Crippen LogP contribution in [0, 0.1) is 5.92 Å². The Hall–Kier alpha value is -6.20. The lowest BCUT2D eigenvalue weighted by molar-refractivity contribution is 0.437.